The van der Waals surface area contributed by atoms with Gasteiger partial charge < -0.3 is 4.74 Å². The van der Waals surface area contributed by atoms with E-state index in [0.717, 1.165) is 12.1 Å². The van der Waals surface area contributed by atoms with Gasteiger partial charge in [0, 0.05) is 6.04 Å². The molecule has 1 aromatic rings. The molecule has 0 N–H and O–H groups in total. The highest BCUT2D eigenvalue weighted by Crippen LogP contribution is 2.36. The Bertz CT molecular complexity index is 570. The first-order valence-corrected chi connectivity index (χ1v) is 6.69. The molecule has 5 nitrogen and oxygen atoms in total. The Balaban J connectivity index is 2.35. The molecule has 0 bridgehead atoms. The van der Waals surface area contributed by atoms with Crippen molar-refractivity contribution < 1.29 is 22.7 Å². The number of rotatable bonds is 3. The Labute approximate surface area is 125 Å². The van der Waals surface area contributed by atoms with Gasteiger partial charge in [-0.05, 0) is 31.5 Å². The van der Waals surface area contributed by atoms with Crippen LogP contribution < -0.4 is 0 Å². The third kappa shape index (κ3) is 3.05. The average Bonchev–Trinajstić information content (AvgIpc) is 2.90. The van der Waals surface area contributed by atoms with Crippen molar-refractivity contribution in [3.8, 4) is 0 Å². The van der Waals surface area contributed by atoms with Crippen LogP contribution in [0.3, 0.4) is 0 Å². The third-order valence-electron chi connectivity index (χ3n) is 3.41. The Kier molecular flexibility index (Phi) is 4.39. The molecule has 0 radical (unpaired) electrons. The molecule has 1 aliphatic rings. The van der Waals surface area contributed by atoms with Gasteiger partial charge in [0.05, 0.1) is 12.7 Å². The fourth-order valence-electron chi connectivity index (χ4n) is 2.30. The van der Waals surface area contributed by atoms with Crippen LogP contribution >= 0.6 is 0 Å². The summed E-state index contributed by atoms with van der Waals surface area (Å²) >= 11 is 0. The number of hydrogen-bond donors (Lipinski definition) is 0. The molecule has 0 saturated heterocycles. The van der Waals surface area contributed by atoms with Gasteiger partial charge in [0.25, 0.3) is 0 Å². The summed E-state index contributed by atoms with van der Waals surface area (Å²) in [6.07, 6.45) is -4.40. The molecule has 2 unspecified atom stereocenters. The summed E-state index contributed by atoms with van der Waals surface area (Å²) < 4.78 is 42.6. The average molecular weight is 315 g/mol. The van der Waals surface area contributed by atoms with Crippen molar-refractivity contribution in [1.82, 2.24) is 5.01 Å². The monoisotopic (exact) mass is 315 g/mol. The molecule has 0 fully saturated rings. The maximum Gasteiger partial charge on any atom is 0.416 e. The van der Waals surface area contributed by atoms with E-state index in [-0.39, 0.29) is 6.04 Å². The van der Waals surface area contributed by atoms with Crippen LogP contribution in [0.25, 0.3) is 0 Å². The molecule has 8 heteroatoms. The lowest BCUT2D eigenvalue weighted by Crippen LogP contribution is -2.36. The van der Waals surface area contributed by atoms with Crippen LogP contribution in [-0.2, 0) is 15.7 Å². The maximum atomic E-state index is 12.6. The van der Waals surface area contributed by atoms with Crippen LogP contribution in [-0.4, -0.2) is 30.2 Å². The summed E-state index contributed by atoms with van der Waals surface area (Å²) in [7, 11) is 1.24. The van der Waals surface area contributed by atoms with E-state index in [2.05, 4.69) is 10.3 Å². The molecule has 0 aromatic heterocycles. The number of carbonyl (C=O) groups excluding carboxylic acids is 1. The largest absolute Gasteiger partial charge is 0.467 e. The summed E-state index contributed by atoms with van der Waals surface area (Å²) in [6.45, 7) is 3.71. The van der Waals surface area contributed by atoms with Crippen LogP contribution in [0, 0.1) is 0 Å². The predicted molar refractivity (Wildman–Crippen MR) is 71.8 cm³/mol. The zero-order chi connectivity index (χ0) is 16.5. The summed E-state index contributed by atoms with van der Waals surface area (Å²) in [6, 6.07) is 3.13. The first-order valence-electron chi connectivity index (χ1n) is 6.69. The van der Waals surface area contributed by atoms with E-state index < -0.39 is 29.8 Å². The number of hydrogen-bond acceptors (Lipinski definition) is 5. The molecule has 2 rings (SSSR count). The summed E-state index contributed by atoms with van der Waals surface area (Å²) in [5.41, 5.74) is -0.212. The Hall–Kier alpha value is -2.12. The fraction of sp³-hybridized carbons (Fsp3) is 0.500. The van der Waals surface area contributed by atoms with Gasteiger partial charge in [0.2, 0.25) is 0 Å². The second-order valence-electron chi connectivity index (χ2n) is 5.21. The molecule has 2 atom stereocenters. The Morgan fingerprint density at radius 1 is 1.27 bits per heavy atom. The van der Waals surface area contributed by atoms with Gasteiger partial charge in [-0.1, -0.05) is 17.4 Å². The standard InChI is InChI=1S/C14H16F3N3O2/c1-8(2)20-12(11(18-19-20)13(21)22-3)9-4-6-10(7-5-9)14(15,16)17/h4-8,11-12H,1-3H3. The number of alkyl halides is 3. The minimum absolute atomic E-state index is 0.0642. The van der Waals surface area contributed by atoms with Crippen molar-refractivity contribution in [3.63, 3.8) is 0 Å². The molecule has 120 valence electrons. The van der Waals surface area contributed by atoms with Crippen molar-refractivity contribution in [1.29, 1.82) is 0 Å². The first kappa shape index (κ1) is 16.3. The van der Waals surface area contributed by atoms with E-state index in [4.69, 9.17) is 4.74 Å². The van der Waals surface area contributed by atoms with Crippen LogP contribution in [0.1, 0.15) is 31.0 Å². The van der Waals surface area contributed by atoms with Gasteiger partial charge in [0.15, 0.2) is 6.04 Å². The molecule has 0 amide bonds. The number of ether oxygens (including phenoxy) is 1. The van der Waals surface area contributed by atoms with Crippen molar-refractivity contribution in [2.75, 3.05) is 7.11 Å². The third-order valence-corrected chi connectivity index (χ3v) is 3.41. The van der Waals surface area contributed by atoms with Gasteiger partial charge in [-0.25, -0.2) is 4.79 Å². The van der Waals surface area contributed by atoms with E-state index in [1.165, 1.54) is 19.2 Å². The highest BCUT2D eigenvalue weighted by molar-refractivity contribution is 5.77. The molecule has 0 aliphatic carbocycles. The summed E-state index contributed by atoms with van der Waals surface area (Å²) in [5, 5.41) is 9.43. The predicted octanol–water partition coefficient (Wildman–Crippen LogP) is 3.38. The lowest BCUT2D eigenvalue weighted by molar-refractivity contribution is -0.143. The summed E-state index contributed by atoms with van der Waals surface area (Å²) in [4.78, 5) is 11.8. The second-order valence-corrected chi connectivity index (χ2v) is 5.21. The van der Waals surface area contributed by atoms with E-state index in [1.54, 1.807) is 5.01 Å². The zero-order valence-electron chi connectivity index (χ0n) is 12.3. The second kappa shape index (κ2) is 5.94. The number of benzene rings is 1. The SMILES string of the molecule is COC(=O)C1N=NN(C(C)C)C1c1ccc(C(F)(F)F)cc1. The van der Waals surface area contributed by atoms with Crippen LogP contribution in [0.2, 0.25) is 0 Å². The molecular formula is C14H16F3N3O2. The molecule has 22 heavy (non-hydrogen) atoms. The van der Waals surface area contributed by atoms with E-state index >= 15 is 0 Å². The highest BCUT2D eigenvalue weighted by atomic mass is 19.4. The number of nitrogens with zero attached hydrogens (tertiary/aromatic N) is 3. The Morgan fingerprint density at radius 2 is 1.86 bits per heavy atom. The number of esters is 1. The molecule has 0 saturated carbocycles. The van der Waals surface area contributed by atoms with Crippen LogP contribution in [0.15, 0.2) is 34.6 Å². The Morgan fingerprint density at radius 3 is 2.32 bits per heavy atom. The summed E-state index contributed by atoms with van der Waals surface area (Å²) in [5.74, 6) is -0.572. The van der Waals surface area contributed by atoms with E-state index in [9.17, 15) is 18.0 Å². The van der Waals surface area contributed by atoms with Crippen molar-refractivity contribution >= 4 is 5.97 Å². The van der Waals surface area contributed by atoms with Gasteiger partial charge >= 0.3 is 12.1 Å². The van der Waals surface area contributed by atoms with Gasteiger partial charge in [-0.3, -0.25) is 5.01 Å². The number of carbonyl (C=O) groups is 1. The minimum atomic E-state index is -4.40. The van der Waals surface area contributed by atoms with E-state index in [0.29, 0.717) is 5.56 Å². The van der Waals surface area contributed by atoms with Crippen molar-refractivity contribution in [3.05, 3.63) is 35.4 Å². The fourth-order valence-corrected chi connectivity index (χ4v) is 2.30. The van der Waals surface area contributed by atoms with Crippen molar-refractivity contribution in [2.45, 2.75) is 38.1 Å². The van der Waals surface area contributed by atoms with E-state index in [1.807, 2.05) is 13.8 Å². The lowest BCUT2D eigenvalue weighted by Gasteiger charge is -2.28. The maximum absolute atomic E-state index is 12.6. The molecule has 0 spiro atoms. The first-order chi connectivity index (χ1) is 10.3. The highest BCUT2D eigenvalue weighted by Gasteiger charge is 2.41. The van der Waals surface area contributed by atoms with Crippen LogP contribution in [0.4, 0.5) is 13.2 Å². The molecule has 1 aromatic carbocycles. The molecule has 1 aliphatic heterocycles. The van der Waals surface area contributed by atoms with Crippen molar-refractivity contribution in [2.24, 2.45) is 10.3 Å². The normalized spacial score (nSPS) is 21.5. The molecule has 1 heterocycles. The lowest BCUT2D eigenvalue weighted by atomic mass is 9.97. The van der Waals surface area contributed by atoms with Gasteiger partial charge in [-0.2, -0.15) is 18.3 Å². The smallest absolute Gasteiger partial charge is 0.416 e. The molecular weight excluding hydrogens is 299 g/mol. The quantitative estimate of drug-likeness (QED) is 0.804. The van der Waals surface area contributed by atoms with Crippen LogP contribution in [0.5, 0.6) is 0 Å². The number of methoxy groups -OCH3 is 1. The zero-order valence-corrected chi connectivity index (χ0v) is 12.3. The van der Waals surface area contributed by atoms with Gasteiger partial charge in [0.1, 0.15) is 6.04 Å². The number of halogens is 3. The minimum Gasteiger partial charge on any atom is -0.467 e. The topological polar surface area (TPSA) is 54.3 Å². The van der Waals surface area contributed by atoms with Gasteiger partial charge in [-0.15, -0.1) is 0 Å².